The molecule has 2 aromatic rings. The molecule has 2 aromatic carbocycles. The van der Waals surface area contributed by atoms with Crippen LogP contribution in [0.4, 0.5) is 0 Å². The second kappa shape index (κ2) is 6.59. The molecular formula is C15H18O2. The van der Waals surface area contributed by atoms with Gasteiger partial charge in [-0.1, -0.05) is 30.3 Å². The van der Waals surface area contributed by atoms with Gasteiger partial charge in [0.05, 0.1) is 7.11 Å². The first-order valence-corrected chi connectivity index (χ1v) is 5.49. The quantitative estimate of drug-likeness (QED) is 0.809. The Morgan fingerprint density at radius 3 is 1.94 bits per heavy atom. The summed E-state index contributed by atoms with van der Waals surface area (Å²) in [5, 5.41) is 9.10. The summed E-state index contributed by atoms with van der Waals surface area (Å²) < 4.78 is 4.91. The fourth-order valence-corrected chi connectivity index (χ4v) is 1.29. The SMILES string of the molecule is COc1ccccc1.Cc1cccc(O)c1C. The number of rotatable bonds is 1. The van der Waals surface area contributed by atoms with Crippen LogP contribution in [0.3, 0.4) is 0 Å². The predicted octanol–water partition coefficient (Wildman–Crippen LogP) is 3.70. The van der Waals surface area contributed by atoms with Crippen LogP contribution in [0.1, 0.15) is 11.1 Å². The van der Waals surface area contributed by atoms with Crippen LogP contribution >= 0.6 is 0 Å². The molecule has 0 aliphatic rings. The Labute approximate surface area is 102 Å². The van der Waals surface area contributed by atoms with Gasteiger partial charge in [-0.05, 0) is 43.2 Å². The van der Waals surface area contributed by atoms with Gasteiger partial charge in [0.2, 0.25) is 0 Å². The molecular weight excluding hydrogens is 212 g/mol. The summed E-state index contributed by atoms with van der Waals surface area (Å²) in [5.74, 6) is 1.29. The molecule has 0 radical (unpaired) electrons. The second-order valence-corrected chi connectivity index (χ2v) is 3.74. The number of phenolic OH excluding ortho intramolecular Hbond substituents is 1. The number of hydrogen-bond donors (Lipinski definition) is 1. The predicted molar refractivity (Wildman–Crippen MR) is 70.6 cm³/mol. The summed E-state index contributed by atoms with van der Waals surface area (Å²) in [6.07, 6.45) is 0. The van der Waals surface area contributed by atoms with Gasteiger partial charge in [-0.25, -0.2) is 0 Å². The smallest absolute Gasteiger partial charge is 0.118 e. The van der Waals surface area contributed by atoms with E-state index in [1.54, 1.807) is 13.2 Å². The minimum Gasteiger partial charge on any atom is -0.508 e. The fraction of sp³-hybridized carbons (Fsp3) is 0.200. The van der Waals surface area contributed by atoms with Crippen LogP contribution in [0.25, 0.3) is 0 Å². The van der Waals surface area contributed by atoms with E-state index in [9.17, 15) is 0 Å². The van der Waals surface area contributed by atoms with Crippen molar-refractivity contribution < 1.29 is 9.84 Å². The molecule has 0 heterocycles. The molecule has 2 rings (SSSR count). The van der Waals surface area contributed by atoms with Gasteiger partial charge in [0.15, 0.2) is 0 Å². The van der Waals surface area contributed by atoms with Gasteiger partial charge in [0.25, 0.3) is 0 Å². The van der Waals surface area contributed by atoms with E-state index in [-0.39, 0.29) is 0 Å². The maximum Gasteiger partial charge on any atom is 0.118 e. The number of aromatic hydroxyl groups is 1. The van der Waals surface area contributed by atoms with Crippen molar-refractivity contribution in [1.82, 2.24) is 0 Å². The molecule has 0 unspecified atom stereocenters. The summed E-state index contributed by atoms with van der Waals surface area (Å²) in [5.41, 5.74) is 2.10. The van der Waals surface area contributed by atoms with Crippen molar-refractivity contribution in [2.75, 3.05) is 7.11 Å². The molecule has 0 bridgehead atoms. The molecule has 0 amide bonds. The Balaban J connectivity index is 0.000000171. The third-order valence-electron chi connectivity index (χ3n) is 2.55. The van der Waals surface area contributed by atoms with Crippen LogP contribution in [0.15, 0.2) is 48.5 Å². The van der Waals surface area contributed by atoms with Crippen LogP contribution in [0, 0.1) is 13.8 Å². The molecule has 90 valence electrons. The molecule has 0 aromatic heterocycles. The van der Waals surface area contributed by atoms with Crippen molar-refractivity contribution in [2.45, 2.75) is 13.8 Å². The molecule has 0 fully saturated rings. The lowest BCUT2D eigenvalue weighted by molar-refractivity contribution is 0.415. The van der Waals surface area contributed by atoms with E-state index >= 15 is 0 Å². The largest absolute Gasteiger partial charge is 0.508 e. The standard InChI is InChI=1S/C8H10O.C7H8O/c1-6-4-3-5-8(9)7(6)2;1-8-7-5-3-2-4-6-7/h3-5,9H,1-2H3;2-6H,1H3. The van der Waals surface area contributed by atoms with Gasteiger partial charge >= 0.3 is 0 Å². The second-order valence-electron chi connectivity index (χ2n) is 3.74. The number of phenols is 1. The lowest BCUT2D eigenvalue weighted by Gasteiger charge is -1.99. The number of para-hydroxylation sites is 1. The Kier molecular flexibility index (Phi) is 5.08. The number of methoxy groups -OCH3 is 1. The summed E-state index contributed by atoms with van der Waals surface area (Å²) in [6.45, 7) is 3.89. The zero-order valence-corrected chi connectivity index (χ0v) is 10.5. The highest BCUT2D eigenvalue weighted by molar-refractivity contribution is 5.36. The maximum absolute atomic E-state index is 9.10. The lowest BCUT2D eigenvalue weighted by atomic mass is 10.1. The van der Waals surface area contributed by atoms with E-state index in [1.807, 2.05) is 56.3 Å². The van der Waals surface area contributed by atoms with Gasteiger partial charge in [0, 0.05) is 0 Å². The molecule has 2 nitrogen and oxygen atoms in total. The first-order chi connectivity index (χ1) is 8.15. The summed E-state index contributed by atoms with van der Waals surface area (Å²) in [7, 11) is 1.66. The molecule has 0 atom stereocenters. The van der Waals surface area contributed by atoms with Gasteiger partial charge < -0.3 is 9.84 Å². The Morgan fingerprint density at radius 1 is 0.882 bits per heavy atom. The number of aryl methyl sites for hydroxylation is 1. The van der Waals surface area contributed by atoms with E-state index in [1.165, 1.54) is 0 Å². The molecule has 1 N–H and O–H groups in total. The zero-order chi connectivity index (χ0) is 12.7. The molecule has 0 spiro atoms. The van der Waals surface area contributed by atoms with Crippen molar-refractivity contribution in [2.24, 2.45) is 0 Å². The third-order valence-corrected chi connectivity index (χ3v) is 2.55. The Bertz CT molecular complexity index is 429. The molecule has 0 saturated heterocycles. The van der Waals surface area contributed by atoms with Crippen molar-refractivity contribution in [3.05, 3.63) is 59.7 Å². The summed E-state index contributed by atoms with van der Waals surface area (Å²) in [6, 6.07) is 15.2. The van der Waals surface area contributed by atoms with Crippen molar-refractivity contribution in [3.8, 4) is 11.5 Å². The number of benzene rings is 2. The van der Waals surface area contributed by atoms with Crippen LogP contribution in [0.2, 0.25) is 0 Å². The van der Waals surface area contributed by atoms with Crippen LogP contribution < -0.4 is 4.74 Å². The average molecular weight is 230 g/mol. The van der Waals surface area contributed by atoms with E-state index in [0.29, 0.717) is 5.75 Å². The number of hydrogen-bond acceptors (Lipinski definition) is 2. The summed E-state index contributed by atoms with van der Waals surface area (Å²) >= 11 is 0. The average Bonchev–Trinajstić information content (AvgIpc) is 2.37. The molecule has 0 saturated carbocycles. The van der Waals surface area contributed by atoms with Crippen molar-refractivity contribution in [1.29, 1.82) is 0 Å². The van der Waals surface area contributed by atoms with Gasteiger partial charge in [-0.2, -0.15) is 0 Å². The minimum atomic E-state index is 0.384. The normalized spacial score (nSPS) is 9.12. The highest BCUT2D eigenvalue weighted by Crippen LogP contribution is 2.17. The van der Waals surface area contributed by atoms with Crippen LogP contribution in [0.5, 0.6) is 11.5 Å². The summed E-state index contributed by atoms with van der Waals surface area (Å²) in [4.78, 5) is 0. The van der Waals surface area contributed by atoms with Gasteiger partial charge in [0.1, 0.15) is 11.5 Å². The minimum absolute atomic E-state index is 0.384. The Morgan fingerprint density at radius 2 is 1.53 bits per heavy atom. The molecule has 2 heteroatoms. The lowest BCUT2D eigenvalue weighted by Crippen LogP contribution is -1.78. The van der Waals surface area contributed by atoms with E-state index in [0.717, 1.165) is 16.9 Å². The van der Waals surface area contributed by atoms with Gasteiger partial charge in [-0.15, -0.1) is 0 Å². The fourth-order valence-electron chi connectivity index (χ4n) is 1.29. The van der Waals surface area contributed by atoms with E-state index in [4.69, 9.17) is 9.84 Å². The topological polar surface area (TPSA) is 29.5 Å². The Hall–Kier alpha value is -1.96. The van der Waals surface area contributed by atoms with E-state index < -0.39 is 0 Å². The van der Waals surface area contributed by atoms with Crippen molar-refractivity contribution in [3.63, 3.8) is 0 Å². The highest BCUT2D eigenvalue weighted by Gasteiger charge is 1.94. The van der Waals surface area contributed by atoms with Crippen molar-refractivity contribution >= 4 is 0 Å². The highest BCUT2D eigenvalue weighted by atomic mass is 16.5. The van der Waals surface area contributed by atoms with Gasteiger partial charge in [-0.3, -0.25) is 0 Å². The number of ether oxygens (including phenoxy) is 1. The first-order valence-electron chi connectivity index (χ1n) is 5.49. The van der Waals surface area contributed by atoms with E-state index in [2.05, 4.69) is 0 Å². The monoisotopic (exact) mass is 230 g/mol. The molecule has 0 aliphatic carbocycles. The molecule has 0 aliphatic heterocycles. The molecule has 17 heavy (non-hydrogen) atoms. The zero-order valence-electron chi connectivity index (χ0n) is 10.5. The van der Waals surface area contributed by atoms with Crippen LogP contribution in [-0.2, 0) is 0 Å². The maximum atomic E-state index is 9.10. The van der Waals surface area contributed by atoms with Crippen LogP contribution in [-0.4, -0.2) is 12.2 Å². The third kappa shape index (κ3) is 4.19. The first kappa shape index (κ1) is 13.1.